The zero-order valence-electron chi connectivity index (χ0n) is 11.5. The summed E-state index contributed by atoms with van der Waals surface area (Å²) in [7, 11) is 0. The van der Waals surface area contributed by atoms with Gasteiger partial charge in [0.15, 0.2) is 0 Å². The van der Waals surface area contributed by atoms with E-state index in [1.807, 2.05) is 5.32 Å². The Morgan fingerprint density at radius 2 is 1.50 bits per heavy atom. The molecule has 0 fully saturated rings. The molecule has 114 valence electrons. The minimum Gasteiger partial charge on any atom is -0.481 e. The molecular formula is C11H19N3O6. The van der Waals surface area contributed by atoms with E-state index < -0.39 is 42.4 Å². The van der Waals surface area contributed by atoms with Gasteiger partial charge in [-0.1, -0.05) is 0 Å². The Balaban J connectivity index is 4.42. The molecule has 0 aliphatic rings. The van der Waals surface area contributed by atoms with Crippen molar-refractivity contribution in [3.8, 4) is 0 Å². The highest BCUT2D eigenvalue weighted by Crippen LogP contribution is 1.93. The Hall–Kier alpha value is -2.32. The van der Waals surface area contributed by atoms with E-state index in [1.165, 1.54) is 6.92 Å². The summed E-state index contributed by atoms with van der Waals surface area (Å²) >= 11 is 0. The minimum absolute atomic E-state index is 0.103. The van der Waals surface area contributed by atoms with Gasteiger partial charge in [-0.05, 0) is 20.8 Å². The molecule has 2 unspecified atom stereocenters. The third kappa shape index (κ3) is 7.19. The Morgan fingerprint density at radius 3 is 1.90 bits per heavy atom. The van der Waals surface area contributed by atoms with Gasteiger partial charge in [-0.2, -0.15) is 0 Å². The average Bonchev–Trinajstić information content (AvgIpc) is 2.25. The van der Waals surface area contributed by atoms with E-state index in [9.17, 15) is 19.2 Å². The predicted octanol–water partition coefficient (Wildman–Crippen LogP) is -0.873. The smallest absolute Gasteiger partial charge is 0.326 e. The van der Waals surface area contributed by atoms with Gasteiger partial charge in [0.25, 0.3) is 0 Å². The van der Waals surface area contributed by atoms with E-state index in [1.54, 1.807) is 13.8 Å². The molecule has 9 heteroatoms. The van der Waals surface area contributed by atoms with E-state index in [4.69, 9.17) is 10.2 Å². The van der Waals surface area contributed by atoms with Gasteiger partial charge in [0.05, 0.1) is 6.42 Å². The number of rotatable bonds is 7. The molecular weight excluding hydrogens is 270 g/mol. The third-order valence-electron chi connectivity index (χ3n) is 2.15. The molecule has 0 radical (unpaired) electrons. The van der Waals surface area contributed by atoms with E-state index in [2.05, 4.69) is 10.6 Å². The first kappa shape index (κ1) is 17.7. The van der Waals surface area contributed by atoms with Crippen molar-refractivity contribution in [2.24, 2.45) is 0 Å². The summed E-state index contributed by atoms with van der Waals surface area (Å²) in [5.74, 6) is -3.26. The topological polar surface area (TPSA) is 145 Å². The second-order valence-corrected chi connectivity index (χ2v) is 4.49. The van der Waals surface area contributed by atoms with Crippen molar-refractivity contribution in [3.05, 3.63) is 0 Å². The van der Waals surface area contributed by atoms with Crippen molar-refractivity contribution < 1.29 is 29.4 Å². The van der Waals surface area contributed by atoms with Crippen LogP contribution in [0.25, 0.3) is 0 Å². The molecule has 20 heavy (non-hydrogen) atoms. The summed E-state index contributed by atoms with van der Waals surface area (Å²) in [5, 5.41) is 24.0. The van der Waals surface area contributed by atoms with Crippen molar-refractivity contribution in [2.45, 2.75) is 45.3 Å². The van der Waals surface area contributed by atoms with Crippen LogP contribution in [0.5, 0.6) is 0 Å². The number of carboxylic acid groups (broad SMARTS) is 2. The van der Waals surface area contributed by atoms with E-state index in [0.29, 0.717) is 0 Å². The van der Waals surface area contributed by atoms with Gasteiger partial charge in [-0.25, -0.2) is 9.59 Å². The zero-order valence-corrected chi connectivity index (χ0v) is 11.5. The maximum atomic E-state index is 11.5. The SMILES string of the molecule is CC(C)NC(=O)C(C)NC(=O)NC(CC(=O)O)C(=O)O. The van der Waals surface area contributed by atoms with E-state index in [-0.39, 0.29) is 6.04 Å². The van der Waals surface area contributed by atoms with Crippen LogP contribution in [0.1, 0.15) is 27.2 Å². The number of hydrogen-bond donors (Lipinski definition) is 5. The normalized spacial score (nSPS) is 13.2. The predicted molar refractivity (Wildman–Crippen MR) is 68.1 cm³/mol. The number of hydrogen-bond acceptors (Lipinski definition) is 4. The number of carbonyl (C=O) groups excluding carboxylic acids is 2. The van der Waals surface area contributed by atoms with Gasteiger partial charge in [0, 0.05) is 6.04 Å². The van der Waals surface area contributed by atoms with Gasteiger partial charge < -0.3 is 26.2 Å². The van der Waals surface area contributed by atoms with Crippen LogP contribution >= 0.6 is 0 Å². The highest BCUT2D eigenvalue weighted by molar-refractivity contribution is 5.89. The van der Waals surface area contributed by atoms with Crippen LogP contribution in [-0.2, 0) is 14.4 Å². The monoisotopic (exact) mass is 289 g/mol. The molecule has 3 amide bonds. The van der Waals surface area contributed by atoms with Crippen molar-refractivity contribution in [1.29, 1.82) is 0 Å². The van der Waals surface area contributed by atoms with Crippen molar-refractivity contribution >= 4 is 23.9 Å². The molecule has 0 heterocycles. The summed E-state index contributed by atoms with van der Waals surface area (Å²) in [5.41, 5.74) is 0. The molecule has 9 nitrogen and oxygen atoms in total. The lowest BCUT2D eigenvalue weighted by atomic mass is 10.2. The fourth-order valence-electron chi connectivity index (χ4n) is 1.25. The Morgan fingerprint density at radius 1 is 0.950 bits per heavy atom. The Kier molecular flexibility index (Phi) is 7.05. The van der Waals surface area contributed by atoms with Gasteiger partial charge in [-0.3, -0.25) is 9.59 Å². The maximum Gasteiger partial charge on any atom is 0.326 e. The quantitative estimate of drug-likeness (QED) is 0.412. The number of amides is 3. The molecule has 0 bridgehead atoms. The highest BCUT2D eigenvalue weighted by atomic mass is 16.4. The van der Waals surface area contributed by atoms with Crippen molar-refractivity contribution in [1.82, 2.24) is 16.0 Å². The lowest BCUT2D eigenvalue weighted by Gasteiger charge is -2.18. The zero-order chi connectivity index (χ0) is 15.9. The standard InChI is InChI=1S/C11H19N3O6/c1-5(2)12-9(17)6(3)13-11(20)14-7(10(18)19)4-8(15)16/h5-7H,4H2,1-3H3,(H,12,17)(H,15,16)(H,18,19)(H2,13,14,20). The second kappa shape index (κ2) is 7.97. The molecule has 0 rings (SSSR count). The van der Waals surface area contributed by atoms with Crippen molar-refractivity contribution in [3.63, 3.8) is 0 Å². The fourth-order valence-corrected chi connectivity index (χ4v) is 1.25. The van der Waals surface area contributed by atoms with Crippen LogP contribution in [0.4, 0.5) is 4.79 Å². The first-order valence-electron chi connectivity index (χ1n) is 5.95. The minimum atomic E-state index is -1.56. The third-order valence-corrected chi connectivity index (χ3v) is 2.15. The van der Waals surface area contributed by atoms with Crippen LogP contribution in [0, 0.1) is 0 Å². The van der Waals surface area contributed by atoms with Crippen LogP contribution in [0.2, 0.25) is 0 Å². The van der Waals surface area contributed by atoms with Crippen LogP contribution in [-0.4, -0.2) is 52.2 Å². The molecule has 0 aromatic heterocycles. The van der Waals surface area contributed by atoms with E-state index in [0.717, 1.165) is 0 Å². The number of carboxylic acids is 2. The summed E-state index contributed by atoms with van der Waals surface area (Å²) in [6.07, 6.45) is -0.755. The molecule has 0 aromatic carbocycles. The molecule has 0 aromatic rings. The maximum absolute atomic E-state index is 11.5. The molecule has 0 spiro atoms. The van der Waals surface area contributed by atoms with Crippen molar-refractivity contribution in [2.75, 3.05) is 0 Å². The Bertz CT molecular complexity index is 396. The summed E-state index contributed by atoms with van der Waals surface area (Å²) in [4.78, 5) is 44.2. The van der Waals surface area contributed by atoms with Gasteiger partial charge in [0.1, 0.15) is 12.1 Å². The molecule has 0 aliphatic heterocycles. The molecule has 0 saturated carbocycles. The molecule has 2 atom stereocenters. The Labute approximate surface area is 115 Å². The summed E-state index contributed by atoms with van der Waals surface area (Å²) < 4.78 is 0. The first-order chi connectivity index (χ1) is 9.13. The van der Waals surface area contributed by atoms with E-state index >= 15 is 0 Å². The number of carbonyl (C=O) groups is 4. The molecule has 0 aliphatic carbocycles. The van der Waals surface area contributed by atoms with Gasteiger partial charge in [0.2, 0.25) is 5.91 Å². The number of urea groups is 1. The molecule has 0 saturated heterocycles. The van der Waals surface area contributed by atoms with Crippen LogP contribution in [0.3, 0.4) is 0 Å². The highest BCUT2D eigenvalue weighted by Gasteiger charge is 2.24. The number of nitrogens with one attached hydrogen (secondary N) is 3. The second-order valence-electron chi connectivity index (χ2n) is 4.49. The largest absolute Gasteiger partial charge is 0.481 e. The van der Waals surface area contributed by atoms with Gasteiger partial charge >= 0.3 is 18.0 Å². The summed E-state index contributed by atoms with van der Waals surface area (Å²) in [6.45, 7) is 4.92. The summed E-state index contributed by atoms with van der Waals surface area (Å²) in [6, 6.07) is -3.47. The van der Waals surface area contributed by atoms with Crippen LogP contribution < -0.4 is 16.0 Å². The average molecular weight is 289 g/mol. The lowest BCUT2D eigenvalue weighted by Crippen LogP contribution is -2.53. The first-order valence-corrected chi connectivity index (χ1v) is 5.95. The van der Waals surface area contributed by atoms with Gasteiger partial charge in [-0.15, -0.1) is 0 Å². The van der Waals surface area contributed by atoms with Crippen LogP contribution in [0.15, 0.2) is 0 Å². The number of aliphatic carboxylic acids is 2. The lowest BCUT2D eigenvalue weighted by molar-refractivity contribution is -0.145. The fraction of sp³-hybridized carbons (Fsp3) is 0.636. The molecule has 5 N–H and O–H groups in total.